The lowest BCUT2D eigenvalue weighted by Crippen LogP contribution is -2.18. The molecule has 0 unspecified atom stereocenters. The van der Waals surface area contributed by atoms with Gasteiger partial charge in [0, 0.05) is 28.1 Å². The molecule has 0 atom stereocenters. The minimum Gasteiger partial charge on any atom is -0.463 e. The van der Waals surface area contributed by atoms with Gasteiger partial charge in [-0.3, -0.25) is 0 Å². The van der Waals surface area contributed by atoms with Gasteiger partial charge in [0.25, 0.3) is 0 Å². The average molecular weight is 387 g/mol. The Morgan fingerprint density at radius 3 is 2.62 bits per heavy atom. The van der Waals surface area contributed by atoms with Crippen LogP contribution in [0.1, 0.15) is 12.5 Å². The highest BCUT2D eigenvalue weighted by atomic mass is 32.2. The molecule has 0 amide bonds. The van der Waals surface area contributed by atoms with Crippen LogP contribution in [0.3, 0.4) is 0 Å². The van der Waals surface area contributed by atoms with Crippen molar-refractivity contribution in [2.75, 3.05) is 23.0 Å². The van der Waals surface area contributed by atoms with Gasteiger partial charge in [0.2, 0.25) is 0 Å². The molecular formula is C20H22N2O2S2. The molecule has 0 aliphatic heterocycles. The Morgan fingerprint density at radius 2 is 1.88 bits per heavy atom. The third-order valence-electron chi connectivity index (χ3n) is 3.29. The molecule has 0 spiro atoms. The van der Waals surface area contributed by atoms with E-state index in [-0.39, 0.29) is 5.97 Å². The van der Waals surface area contributed by atoms with Crippen molar-refractivity contribution in [3.63, 3.8) is 0 Å². The summed E-state index contributed by atoms with van der Waals surface area (Å²) < 4.78 is 4.85. The van der Waals surface area contributed by atoms with Gasteiger partial charge in [-0.05, 0) is 56.4 Å². The average Bonchev–Trinajstić information content (AvgIpc) is 2.61. The van der Waals surface area contributed by atoms with E-state index in [1.165, 1.54) is 11.6 Å². The van der Waals surface area contributed by atoms with Crippen LogP contribution >= 0.6 is 24.0 Å². The molecule has 0 aromatic heterocycles. The zero-order chi connectivity index (χ0) is 18.8. The predicted octanol–water partition coefficient (Wildman–Crippen LogP) is 5.02. The quantitative estimate of drug-likeness (QED) is 0.302. The Labute approximate surface area is 164 Å². The Balaban J connectivity index is 1.85. The number of carbonyl (C=O) groups is 1. The van der Waals surface area contributed by atoms with Gasteiger partial charge in [0.1, 0.15) is 0 Å². The third kappa shape index (κ3) is 7.29. The number of thioether (sulfide) groups is 1. The van der Waals surface area contributed by atoms with Crippen molar-refractivity contribution in [1.82, 2.24) is 0 Å². The molecule has 0 saturated carbocycles. The Morgan fingerprint density at radius 1 is 1.15 bits per heavy atom. The van der Waals surface area contributed by atoms with Gasteiger partial charge in [-0.1, -0.05) is 29.8 Å². The summed E-state index contributed by atoms with van der Waals surface area (Å²) in [5, 5.41) is 6.89. The lowest BCUT2D eigenvalue weighted by atomic mass is 10.2. The molecule has 26 heavy (non-hydrogen) atoms. The van der Waals surface area contributed by atoms with E-state index in [1.807, 2.05) is 55.5 Å². The number of benzene rings is 2. The zero-order valence-corrected chi connectivity index (χ0v) is 16.5. The first-order valence-electron chi connectivity index (χ1n) is 8.27. The van der Waals surface area contributed by atoms with E-state index < -0.39 is 0 Å². The monoisotopic (exact) mass is 386 g/mol. The standard InChI is InChI=1S/C20H22N2O2S2/c1-3-24-19(23)8-5-13-26-18-7-4-6-17(14-18)22-20(25)21-16-11-9-15(2)10-12-16/h4-12,14H,3,13H2,1-2H3,(H2,21,22,25)/b8-5+. The van der Waals surface area contributed by atoms with Gasteiger partial charge in [-0.15, -0.1) is 11.8 Å². The van der Waals surface area contributed by atoms with Crippen molar-refractivity contribution in [3.05, 3.63) is 66.2 Å². The highest BCUT2D eigenvalue weighted by Crippen LogP contribution is 2.22. The maximum Gasteiger partial charge on any atom is 0.330 e. The van der Waals surface area contributed by atoms with Gasteiger partial charge in [0.05, 0.1) is 6.61 Å². The normalized spacial score (nSPS) is 10.5. The predicted molar refractivity (Wildman–Crippen MR) is 114 cm³/mol. The van der Waals surface area contributed by atoms with Crippen molar-refractivity contribution in [3.8, 4) is 0 Å². The van der Waals surface area contributed by atoms with E-state index in [1.54, 1.807) is 24.8 Å². The number of thiocarbonyl (C=S) groups is 1. The number of carbonyl (C=O) groups excluding carboxylic acids is 1. The molecule has 0 aliphatic rings. The highest BCUT2D eigenvalue weighted by molar-refractivity contribution is 7.99. The van der Waals surface area contributed by atoms with Crippen molar-refractivity contribution in [2.24, 2.45) is 0 Å². The van der Waals surface area contributed by atoms with E-state index in [0.29, 0.717) is 17.5 Å². The summed E-state index contributed by atoms with van der Waals surface area (Å²) in [6.07, 6.45) is 3.26. The minimum absolute atomic E-state index is 0.309. The number of rotatable bonds is 7. The summed E-state index contributed by atoms with van der Waals surface area (Å²) >= 11 is 6.99. The molecule has 6 heteroatoms. The maximum atomic E-state index is 11.2. The molecule has 136 valence electrons. The zero-order valence-electron chi connectivity index (χ0n) is 14.8. The fraction of sp³-hybridized carbons (Fsp3) is 0.200. The molecular weight excluding hydrogens is 364 g/mol. The van der Waals surface area contributed by atoms with Crippen molar-refractivity contribution in [2.45, 2.75) is 18.7 Å². The van der Waals surface area contributed by atoms with Crippen molar-refractivity contribution < 1.29 is 9.53 Å². The molecule has 0 heterocycles. The molecule has 0 saturated heterocycles. The summed E-state index contributed by atoms with van der Waals surface area (Å²) in [4.78, 5) is 12.3. The Bertz CT molecular complexity index is 774. The van der Waals surface area contributed by atoms with Gasteiger partial charge >= 0.3 is 5.97 Å². The summed E-state index contributed by atoms with van der Waals surface area (Å²) in [7, 11) is 0. The molecule has 0 aliphatic carbocycles. The van der Waals surface area contributed by atoms with Crippen LogP contribution in [0.5, 0.6) is 0 Å². The van der Waals surface area contributed by atoms with E-state index in [2.05, 4.69) is 10.6 Å². The largest absolute Gasteiger partial charge is 0.463 e. The number of ether oxygens (including phenoxy) is 1. The number of esters is 1. The van der Waals surface area contributed by atoms with Crippen LogP contribution in [0, 0.1) is 6.92 Å². The van der Waals surface area contributed by atoms with E-state index in [9.17, 15) is 4.79 Å². The first kappa shape index (κ1) is 20.0. The van der Waals surface area contributed by atoms with Crippen molar-refractivity contribution in [1.29, 1.82) is 0 Å². The van der Waals surface area contributed by atoms with Gasteiger partial charge in [-0.25, -0.2) is 4.79 Å². The van der Waals surface area contributed by atoms with Crippen LogP contribution in [0.2, 0.25) is 0 Å². The van der Waals surface area contributed by atoms with Crippen LogP contribution in [0.25, 0.3) is 0 Å². The fourth-order valence-corrected chi connectivity index (χ4v) is 3.08. The SMILES string of the molecule is CCOC(=O)/C=C/CSc1cccc(NC(=S)Nc2ccc(C)cc2)c1. The summed E-state index contributed by atoms with van der Waals surface area (Å²) in [6.45, 7) is 4.23. The number of hydrogen-bond donors (Lipinski definition) is 2. The summed E-state index contributed by atoms with van der Waals surface area (Å²) in [5.41, 5.74) is 3.06. The van der Waals surface area contributed by atoms with Crippen LogP contribution in [0.4, 0.5) is 11.4 Å². The second-order valence-corrected chi connectivity index (χ2v) is 6.94. The molecule has 2 aromatic carbocycles. The number of nitrogens with one attached hydrogen (secondary N) is 2. The lowest BCUT2D eigenvalue weighted by Gasteiger charge is -2.11. The van der Waals surface area contributed by atoms with Gasteiger partial charge in [0.15, 0.2) is 5.11 Å². The molecule has 0 fully saturated rings. The maximum absolute atomic E-state index is 11.2. The second kappa shape index (κ2) is 10.6. The third-order valence-corrected chi connectivity index (χ3v) is 4.44. The molecule has 0 radical (unpaired) electrons. The second-order valence-electron chi connectivity index (χ2n) is 5.44. The topological polar surface area (TPSA) is 50.4 Å². The van der Waals surface area contributed by atoms with E-state index in [0.717, 1.165) is 16.3 Å². The van der Waals surface area contributed by atoms with Gasteiger partial charge < -0.3 is 15.4 Å². The van der Waals surface area contributed by atoms with Gasteiger partial charge in [-0.2, -0.15) is 0 Å². The number of aryl methyl sites for hydroxylation is 1. The van der Waals surface area contributed by atoms with Crippen LogP contribution in [0.15, 0.2) is 65.6 Å². The summed E-state index contributed by atoms with van der Waals surface area (Å²) in [6, 6.07) is 16.0. The molecule has 2 rings (SSSR count). The van der Waals surface area contributed by atoms with Crippen molar-refractivity contribution >= 4 is 46.4 Å². The van der Waals surface area contributed by atoms with Crippen LogP contribution in [-0.2, 0) is 9.53 Å². The fourth-order valence-electron chi connectivity index (χ4n) is 2.07. The Hall–Kier alpha value is -2.31. The van der Waals surface area contributed by atoms with Crippen LogP contribution in [-0.4, -0.2) is 23.4 Å². The highest BCUT2D eigenvalue weighted by Gasteiger charge is 2.01. The number of anilines is 2. The van der Waals surface area contributed by atoms with E-state index in [4.69, 9.17) is 17.0 Å². The smallest absolute Gasteiger partial charge is 0.330 e. The molecule has 4 nitrogen and oxygen atoms in total. The first-order chi connectivity index (χ1) is 12.6. The molecule has 0 bridgehead atoms. The van der Waals surface area contributed by atoms with E-state index >= 15 is 0 Å². The molecule has 2 aromatic rings. The van der Waals surface area contributed by atoms with Crippen LogP contribution < -0.4 is 10.6 Å². The number of hydrogen-bond acceptors (Lipinski definition) is 4. The minimum atomic E-state index is -0.309. The first-order valence-corrected chi connectivity index (χ1v) is 9.67. The summed E-state index contributed by atoms with van der Waals surface area (Å²) in [5.74, 6) is 0.380. The molecule has 2 N–H and O–H groups in total. The Kier molecular flexibility index (Phi) is 8.18. The lowest BCUT2D eigenvalue weighted by molar-refractivity contribution is -0.137.